The molecule has 0 aliphatic carbocycles. The Labute approximate surface area is 141 Å². The zero-order chi connectivity index (χ0) is 18.0. The number of hydrogen-bond acceptors (Lipinski definition) is 4. The van der Waals surface area contributed by atoms with E-state index in [9.17, 15) is 26.4 Å². The van der Waals surface area contributed by atoms with Gasteiger partial charge in [-0.05, 0) is 17.7 Å². The molecule has 24 heavy (non-hydrogen) atoms. The number of hydrogen-bond donors (Lipinski definition) is 1. The molecular formula is C15H14F3NO3S2. The highest BCUT2D eigenvalue weighted by atomic mass is 32.2. The lowest BCUT2D eigenvalue weighted by Gasteiger charge is -2.10. The Balaban J connectivity index is 2.14. The van der Waals surface area contributed by atoms with E-state index in [0.717, 1.165) is 22.1 Å². The molecule has 0 aliphatic heterocycles. The van der Waals surface area contributed by atoms with Gasteiger partial charge in [-0.3, -0.25) is 4.79 Å². The van der Waals surface area contributed by atoms with Crippen LogP contribution in [0.3, 0.4) is 0 Å². The molecule has 0 atom stereocenters. The highest BCUT2D eigenvalue weighted by molar-refractivity contribution is 7.91. The first-order chi connectivity index (χ1) is 11.1. The molecular weight excluding hydrogens is 363 g/mol. The van der Waals surface area contributed by atoms with Crippen LogP contribution in [0.15, 0.2) is 39.9 Å². The molecule has 2 rings (SSSR count). The van der Waals surface area contributed by atoms with Crippen molar-refractivity contribution in [3.63, 3.8) is 0 Å². The fraction of sp³-hybridized carbons (Fsp3) is 0.267. The number of rotatable bonds is 5. The van der Waals surface area contributed by atoms with E-state index in [4.69, 9.17) is 0 Å². The minimum atomic E-state index is -4.60. The molecule has 0 saturated heterocycles. The van der Waals surface area contributed by atoms with Gasteiger partial charge in [0, 0.05) is 17.3 Å². The first kappa shape index (κ1) is 18.5. The number of carbonyl (C=O) groups is 1. The second-order valence-electron chi connectivity index (χ2n) is 4.93. The fourth-order valence-corrected chi connectivity index (χ4v) is 3.77. The molecule has 1 aromatic carbocycles. The molecule has 0 aliphatic rings. The summed E-state index contributed by atoms with van der Waals surface area (Å²) in [5.74, 6) is -0.917. The SMILES string of the molecule is CCS(=O)(=O)c1cccc(CNC(=O)c2cscc2C(F)(F)F)c1. The average Bonchev–Trinajstić information content (AvgIpc) is 3.03. The summed E-state index contributed by atoms with van der Waals surface area (Å²) in [5.41, 5.74) is -0.932. The summed E-state index contributed by atoms with van der Waals surface area (Å²) < 4.78 is 62.0. The van der Waals surface area contributed by atoms with Crippen molar-refractivity contribution in [2.24, 2.45) is 0 Å². The van der Waals surface area contributed by atoms with Gasteiger partial charge in [0.25, 0.3) is 5.91 Å². The number of halogens is 3. The number of sulfone groups is 1. The highest BCUT2D eigenvalue weighted by Crippen LogP contribution is 2.34. The van der Waals surface area contributed by atoms with Crippen LogP contribution in [0.25, 0.3) is 0 Å². The van der Waals surface area contributed by atoms with Gasteiger partial charge < -0.3 is 5.32 Å². The smallest absolute Gasteiger partial charge is 0.348 e. The maximum atomic E-state index is 12.8. The standard InChI is InChI=1S/C15H14F3NO3S2/c1-2-24(21,22)11-5-3-4-10(6-11)7-19-14(20)12-8-23-9-13(12)15(16,17)18/h3-6,8-9H,2,7H2,1H3,(H,19,20). The zero-order valence-electron chi connectivity index (χ0n) is 12.6. The number of carbonyl (C=O) groups excluding carboxylic acids is 1. The van der Waals surface area contributed by atoms with E-state index in [0.29, 0.717) is 5.56 Å². The van der Waals surface area contributed by atoms with Crippen LogP contribution < -0.4 is 5.32 Å². The van der Waals surface area contributed by atoms with E-state index in [1.807, 2.05) is 0 Å². The van der Waals surface area contributed by atoms with Crippen molar-refractivity contribution in [1.82, 2.24) is 5.32 Å². The molecule has 0 spiro atoms. The van der Waals surface area contributed by atoms with Crippen LogP contribution in [0.4, 0.5) is 13.2 Å². The lowest BCUT2D eigenvalue weighted by Crippen LogP contribution is -2.25. The largest absolute Gasteiger partial charge is 0.417 e. The van der Waals surface area contributed by atoms with Crippen molar-refractivity contribution in [2.45, 2.75) is 24.5 Å². The van der Waals surface area contributed by atoms with E-state index in [2.05, 4.69) is 5.32 Å². The quantitative estimate of drug-likeness (QED) is 0.868. The van der Waals surface area contributed by atoms with Crippen molar-refractivity contribution < 1.29 is 26.4 Å². The average molecular weight is 377 g/mol. The predicted octanol–water partition coefficient (Wildman–Crippen LogP) is 3.49. The Bertz CT molecular complexity index is 842. The fourth-order valence-electron chi connectivity index (χ4n) is 1.99. The Morgan fingerprint density at radius 2 is 1.96 bits per heavy atom. The van der Waals surface area contributed by atoms with Crippen LogP contribution in [0.2, 0.25) is 0 Å². The first-order valence-corrected chi connectivity index (χ1v) is 9.48. The normalized spacial score (nSPS) is 12.2. The van der Waals surface area contributed by atoms with Crippen molar-refractivity contribution >= 4 is 27.1 Å². The Kier molecular flexibility index (Phi) is 5.34. The third kappa shape index (κ3) is 4.15. The van der Waals surface area contributed by atoms with Crippen LogP contribution >= 0.6 is 11.3 Å². The van der Waals surface area contributed by atoms with E-state index in [1.54, 1.807) is 6.07 Å². The van der Waals surface area contributed by atoms with E-state index in [-0.39, 0.29) is 17.2 Å². The van der Waals surface area contributed by atoms with E-state index < -0.39 is 33.0 Å². The molecule has 1 aromatic heterocycles. The minimum Gasteiger partial charge on any atom is -0.348 e. The zero-order valence-corrected chi connectivity index (χ0v) is 14.2. The summed E-state index contributed by atoms with van der Waals surface area (Å²) in [7, 11) is -3.39. The van der Waals surface area contributed by atoms with Crippen LogP contribution in [-0.2, 0) is 22.6 Å². The van der Waals surface area contributed by atoms with Crippen molar-refractivity contribution in [2.75, 3.05) is 5.75 Å². The van der Waals surface area contributed by atoms with Gasteiger partial charge in [-0.25, -0.2) is 8.42 Å². The summed E-state index contributed by atoms with van der Waals surface area (Å²) in [5, 5.41) is 4.40. The molecule has 0 unspecified atom stereocenters. The topological polar surface area (TPSA) is 63.2 Å². The summed E-state index contributed by atoms with van der Waals surface area (Å²) in [6.07, 6.45) is -4.60. The third-order valence-electron chi connectivity index (χ3n) is 3.30. The Morgan fingerprint density at radius 1 is 1.25 bits per heavy atom. The molecule has 1 amide bonds. The summed E-state index contributed by atoms with van der Waals surface area (Å²) >= 11 is 0.792. The number of amides is 1. The molecule has 0 radical (unpaired) electrons. The van der Waals surface area contributed by atoms with Gasteiger partial charge in [0.2, 0.25) is 0 Å². The number of benzene rings is 1. The van der Waals surface area contributed by atoms with Gasteiger partial charge in [0.1, 0.15) is 0 Å². The third-order valence-corrected chi connectivity index (χ3v) is 5.78. The van der Waals surface area contributed by atoms with Crippen LogP contribution in [0, 0.1) is 0 Å². The van der Waals surface area contributed by atoms with Crippen molar-refractivity contribution in [3.8, 4) is 0 Å². The van der Waals surface area contributed by atoms with Gasteiger partial charge in [-0.2, -0.15) is 24.5 Å². The Morgan fingerprint density at radius 3 is 2.58 bits per heavy atom. The van der Waals surface area contributed by atoms with Crippen molar-refractivity contribution in [3.05, 3.63) is 51.7 Å². The predicted molar refractivity (Wildman–Crippen MR) is 84.7 cm³/mol. The van der Waals surface area contributed by atoms with Crippen LogP contribution in [0.1, 0.15) is 28.4 Å². The molecule has 9 heteroatoms. The van der Waals surface area contributed by atoms with Gasteiger partial charge >= 0.3 is 6.18 Å². The second kappa shape index (κ2) is 6.94. The van der Waals surface area contributed by atoms with Crippen LogP contribution in [0.5, 0.6) is 0 Å². The lowest BCUT2D eigenvalue weighted by atomic mass is 10.1. The lowest BCUT2D eigenvalue weighted by molar-refractivity contribution is -0.137. The molecule has 1 heterocycles. The molecule has 2 aromatic rings. The van der Waals surface area contributed by atoms with E-state index in [1.165, 1.54) is 25.1 Å². The van der Waals surface area contributed by atoms with Gasteiger partial charge in [0.05, 0.1) is 21.8 Å². The highest BCUT2D eigenvalue weighted by Gasteiger charge is 2.35. The molecule has 4 nitrogen and oxygen atoms in total. The molecule has 130 valence electrons. The molecule has 0 bridgehead atoms. The molecule has 0 fully saturated rings. The molecule has 1 N–H and O–H groups in total. The summed E-state index contributed by atoms with van der Waals surface area (Å²) in [6.45, 7) is 1.44. The summed E-state index contributed by atoms with van der Waals surface area (Å²) in [6, 6.07) is 5.95. The number of nitrogens with one attached hydrogen (secondary N) is 1. The maximum absolute atomic E-state index is 12.8. The van der Waals surface area contributed by atoms with E-state index >= 15 is 0 Å². The maximum Gasteiger partial charge on any atom is 0.417 e. The minimum absolute atomic E-state index is 0.0628. The monoisotopic (exact) mass is 377 g/mol. The number of alkyl halides is 3. The van der Waals surface area contributed by atoms with Gasteiger partial charge in [-0.1, -0.05) is 19.1 Å². The van der Waals surface area contributed by atoms with Gasteiger partial charge in [0.15, 0.2) is 9.84 Å². The second-order valence-corrected chi connectivity index (χ2v) is 7.95. The number of thiophene rings is 1. The Hall–Kier alpha value is -1.87. The van der Waals surface area contributed by atoms with Crippen LogP contribution in [-0.4, -0.2) is 20.1 Å². The summed E-state index contributed by atoms with van der Waals surface area (Å²) in [4.78, 5) is 12.1. The van der Waals surface area contributed by atoms with Crippen molar-refractivity contribution in [1.29, 1.82) is 0 Å². The first-order valence-electron chi connectivity index (χ1n) is 6.88. The molecule has 0 saturated carbocycles. The van der Waals surface area contributed by atoms with Gasteiger partial charge in [-0.15, -0.1) is 0 Å².